The van der Waals surface area contributed by atoms with Crippen LogP contribution in [-0.2, 0) is 5.54 Å². The van der Waals surface area contributed by atoms with E-state index in [1.54, 1.807) is 0 Å². The Morgan fingerprint density at radius 1 is 1.05 bits per heavy atom. The third-order valence-electron chi connectivity index (χ3n) is 4.73. The van der Waals surface area contributed by atoms with Gasteiger partial charge in [0.1, 0.15) is 0 Å². The van der Waals surface area contributed by atoms with Crippen LogP contribution in [0.2, 0.25) is 0 Å². The van der Waals surface area contributed by atoms with Crippen molar-refractivity contribution in [2.45, 2.75) is 38.1 Å². The van der Waals surface area contributed by atoms with E-state index < -0.39 is 5.54 Å². The third kappa shape index (κ3) is 2.96. The Kier molecular flexibility index (Phi) is 3.73. The van der Waals surface area contributed by atoms with Gasteiger partial charge in [0, 0.05) is 5.69 Å². The highest BCUT2D eigenvalue weighted by Gasteiger charge is 2.32. The van der Waals surface area contributed by atoms with Gasteiger partial charge in [-0.2, -0.15) is 0 Å². The van der Waals surface area contributed by atoms with Gasteiger partial charge in [0.05, 0.1) is 5.54 Å². The summed E-state index contributed by atoms with van der Waals surface area (Å²) in [6.45, 7) is 2.03. The summed E-state index contributed by atoms with van der Waals surface area (Å²) in [5.41, 5.74) is 16.8. The summed E-state index contributed by atoms with van der Waals surface area (Å²) in [6.07, 6.45) is 4.89. The van der Waals surface area contributed by atoms with E-state index >= 15 is 0 Å². The van der Waals surface area contributed by atoms with Crippen molar-refractivity contribution in [3.8, 4) is 0 Å². The fourth-order valence-electron chi connectivity index (χ4n) is 2.95. The van der Waals surface area contributed by atoms with E-state index in [2.05, 4.69) is 42.5 Å². The number of hydrogen-bond acceptors (Lipinski definition) is 2. The number of rotatable bonds is 5. The second-order valence-corrected chi connectivity index (χ2v) is 6.39. The van der Waals surface area contributed by atoms with E-state index in [1.165, 1.54) is 24.8 Å². The molecule has 21 heavy (non-hydrogen) atoms. The topological polar surface area (TPSA) is 52.0 Å². The number of anilines is 1. The van der Waals surface area contributed by atoms with Crippen molar-refractivity contribution < 1.29 is 0 Å². The minimum atomic E-state index is -0.439. The molecule has 110 valence electrons. The van der Waals surface area contributed by atoms with Crippen molar-refractivity contribution in [2.24, 2.45) is 11.7 Å². The first-order valence-corrected chi connectivity index (χ1v) is 7.80. The Bertz CT molecular complexity index is 617. The Hall–Kier alpha value is -1.80. The average Bonchev–Trinajstić information content (AvgIpc) is 3.33. The van der Waals surface area contributed by atoms with Gasteiger partial charge < -0.3 is 11.5 Å². The smallest absolute Gasteiger partial charge is 0.0666 e. The summed E-state index contributed by atoms with van der Waals surface area (Å²) >= 11 is 0. The zero-order valence-electron chi connectivity index (χ0n) is 12.7. The van der Waals surface area contributed by atoms with Crippen molar-refractivity contribution >= 4 is 5.69 Å². The Morgan fingerprint density at radius 3 is 2.38 bits per heavy atom. The normalized spacial score (nSPS) is 17.4. The van der Waals surface area contributed by atoms with E-state index in [4.69, 9.17) is 11.5 Å². The molecule has 1 aliphatic rings. The van der Waals surface area contributed by atoms with Gasteiger partial charge in [-0.3, -0.25) is 0 Å². The first-order valence-electron chi connectivity index (χ1n) is 7.80. The molecule has 3 rings (SSSR count). The molecule has 0 bridgehead atoms. The summed E-state index contributed by atoms with van der Waals surface area (Å²) in [5, 5.41) is 0. The summed E-state index contributed by atoms with van der Waals surface area (Å²) in [7, 11) is 0. The van der Waals surface area contributed by atoms with Crippen LogP contribution in [0.25, 0.3) is 0 Å². The zero-order valence-corrected chi connectivity index (χ0v) is 12.7. The van der Waals surface area contributed by atoms with Crippen LogP contribution in [-0.4, -0.2) is 0 Å². The molecule has 1 atom stereocenters. The fraction of sp³-hybridized carbons (Fsp3) is 0.368. The largest absolute Gasteiger partial charge is 0.399 e. The van der Waals surface area contributed by atoms with Crippen molar-refractivity contribution in [1.82, 2.24) is 0 Å². The van der Waals surface area contributed by atoms with Crippen LogP contribution in [0.1, 0.15) is 42.4 Å². The summed E-state index contributed by atoms with van der Waals surface area (Å²) in [4.78, 5) is 0. The van der Waals surface area contributed by atoms with Crippen LogP contribution >= 0.6 is 0 Å². The molecular formula is C19H24N2. The van der Waals surface area contributed by atoms with E-state index in [1.807, 2.05) is 13.0 Å². The molecule has 0 spiro atoms. The van der Waals surface area contributed by atoms with Gasteiger partial charge in [-0.15, -0.1) is 0 Å². The van der Waals surface area contributed by atoms with E-state index in [0.29, 0.717) is 0 Å². The Morgan fingerprint density at radius 2 is 1.76 bits per heavy atom. The molecule has 4 N–H and O–H groups in total. The molecule has 0 amide bonds. The number of hydrogen-bond donors (Lipinski definition) is 2. The lowest BCUT2D eigenvalue weighted by atomic mass is 9.79. The number of aryl methyl sites for hydroxylation is 1. The number of nitrogens with two attached hydrogens (primary N) is 2. The molecule has 1 aliphatic carbocycles. The molecule has 0 aliphatic heterocycles. The van der Waals surface area contributed by atoms with Crippen LogP contribution in [0, 0.1) is 12.8 Å². The summed E-state index contributed by atoms with van der Waals surface area (Å²) in [6, 6.07) is 16.7. The highest BCUT2D eigenvalue weighted by atomic mass is 14.7. The first-order chi connectivity index (χ1) is 10.1. The van der Waals surface area contributed by atoms with Crippen LogP contribution in [0.15, 0.2) is 48.5 Å². The van der Waals surface area contributed by atoms with E-state index in [0.717, 1.165) is 29.2 Å². The Labute approximate surface area is 127 Å². The average molecular weight is 280 g/mol. The molecule has 1 unspecified atom stereocenters. The van der Waals surface area contributed by atoms with Crippen LogP contribution in [0.5, 0.6) is 0 Å². The molecule has 0 aromatic heterocycles. The fourth-order valence-corrected chi connectivity index (χ4v) is 2.95. The van der Waals surface area contributed by atoms with Crippen LogP contribution < -0.4 is 11.5 Å². The van der Waals surface area contributed by atoms with E-state index in [9.17, 15) is 0 Å². The second-order valence-electron chi connectivity index (χ2n) is 6.39. The third-order valence-corrected chi connectivity index (χ3v) is 4.73. The molecule has 0 radical (unpaired) electrons. The van der Waals surface area contributed by atoms with Crippen molar-refractivity contribution in [3.63, 3.8) is 0 Å². The standard InChI is InChI=1S/C19H24N2/c1-14-7-10-17(13-18(14)20)19(21,12-11-15-8-9-15)16-5-3-2-4-6-16/h2-7,10,13,15H,8-9,11-12,20-21H2,1H3. The van der Waals surface area contributed by atoms with Crippen LogP contribution in [0.3, 0.4) is 0 Å². The van der Waals surface area contributed by atoms with Gasteiger partial charge in [0.15, 0.2) is 0 Å². The quantitative estimate of drug-likeness (QED) is 0.814. The maximum Gasteiger partial charge on any atom is 0.0666 e. The Balaban J connectivity index is 1.99. The lowest BCUT2D eigenvalue weighted by Crippen LogP contribution is -2.38. The van der Waals surface area contributed by atoms with Gasteiger partial charge in [-0.05, 0) is 48.4 Å². The predicted octanol–water partition coefficient (Wildman–Crippen LogP) is 3.97. The highest BCUT2D eigenvalue weighted by molar-refractivity contribution is 5.52. The first kappa shape index (κ1) is 14.2. The minimum Gasteiger partial charge on any atom is -0.399 e. The van der Waals surface area contributed by atoms with Gasteiger partial charge in [-0.25, -0.2) is 0 Å². The molecule has 2 nitrogen and oxygen atoms in total. The molecule has 2 aromatic rings. The van der Waals surface area contributed by atoms with Gasteiger partial charge >= 0.3 is 0 Å². The lowest BCUT2D eigenvalue weighted by molar-refractivity contribution is 0.455. The van der Waals surface area contributed by atoms with E-state index in [-0.39, 0.29) is 0 Å². The SMILES string of the molecule is Cc1ccc(C(N)(CCC2CC2)c2ccccc2)cc1N. The number of benzene rings is 2. The molecule has 0 heterocycles. The van der Waals surface area contributed by atoms with Gasteiger partial charge in [0.25, 0.3) is 0 Å². The predicted molar refractivity (Wildman–Crippen MR) is 89.0 cm³/mol. The molecule has 0 saturated heterocycles. The summed E-state index contributed by atoms with van der Waals surface area (Å²) < 4.78 is 0. The maximum atomic E-state index is 6.88. The molecule has 1 fully saturated rings. The van der Waals surface area contributed by atoms with Crippen molar-refractivity contribution in [1.29, 1.82) is 0 Å². The molecule has 1 saturated carbocycles. The van der Waals surface area contributed by atoms with Gasteiger partial charge in [0.2, 0.25) is 0 Å². The van der Waals surface area contributed by atoms with Crippen molar-refractivity contribution in [3.05, 3.63) is 65.2 Å². The molecular weight excluding hydrogens is 256 g/mol. The molecule has 2 aromatic carbocycles. The highest BCUT2D eigenvalue weighted by Crippen LogP contribution is 2.40. The zero-order chi connectivity index (χ0) is 14.9. The second kappa shape index (κ2) is 5.53. The summed E-state index contributed by atoms with van der Waals surface area (Å²) in [5.74, 6) is 0.874. The molecule has 2 heteroatoms. The van der Waals surface area contributed by atoms with Crippen LogP contribution in [0.4, 0.5) is 5.69 Å². The van der Waals surface area contributed by atoms with Crippen molar-refractivity contribution in [2.75, 3.05) is 5.73 Å². The maximum absolute atomic E-state index is 6.88. The lowest BCUT2D eigenvalue weighted by Gasteiger charge is -2.31. The monoisotopic (exact) mass is 280 g/mol. The minimum absolute atomic E-state index is 0.439. The van der Waals surface area contributed by atoms with Gasteiger partial charge in [-0.1, -0.05) is 55.3 Å². The number of nitrogen functional groups attached to an aromatic ring is 1.